The molecule has 2 unspecified atom stereocenters. The van der Waals surface area contributed by atoms with Gasteiger partial charge in [-0.25, -0.2) is 4.98 Å². The Morgan fingerprint density at radius 3 is 3.14 bits per heavy atom. The molecule has 76 valence electrons. The van der Waals surface area contributed by atoms with Crippen LogP contribution in [-0.2, 0) is 0 Å². The summed E-state index contributed by atoms with van der Waals surface area (Å²) in [5, 5.41) is 15.7. The van der Waals surface area contributed by atoms with Crippen molar-refractivity contribution in [2.45, 2.75) is 31.9 Å². The lowest BCUT2D eigenvalue weighted by molar-refractivity contribution is 0.161. The van der Waals surface area contributed by atoms with E-state index in [0.717, 1.165) is 23.7 Å². The first-order valence-electron chi connectivity index (χ1n) is 4.77. The second-order valence-electron chi connectivity index (χ2n) is 3.60. The minimum absolute atomic E-state index is 0.210. The molecule has 4 heteroatoms. The van der Waals surface area contributed by atoms with Gasteiger partial charge in [-0.2, -0.15) is 0 Å². The molecular weight excluding hydrogens is 196 g/mol. The van der Waals surface area contributed by atoms with Crippen molar-refractivity contribution in [2.24, 2.45) is 0 Å². The van der Waals surface area contributed by atoms with E-state index in [1.54, 1.807) is 11.3 Å². The Balaban J connectivity index is 1.97. The van der Waals surface area contributed by atoms with Gasteiger partial charge in [0.05, 0.1) is 11.8 Å². The van der Waals surface area contributed by atoms with Gasteiger partial charge in [0.15, 0.2) is 5.13 Å². The number of hydrogen-bond donors (Lipinski definition) is 2. The first kappa shape index (κ1) is 9.68. The maximum atomic E-state index is 9.45. The molecule has 2 atom stereocenters. The third kappa shape index (κ3) is 2.33. The zero-order valence-electron chi connectivity index (χ0n) is 8.10. The third-order valence-corrected chi connectivity index (χ3v) is 3.12. The molecule has 1 aromatic rings. The smallest absolute Gasteiger partial charge is 0.183 e. The average Bonchev–Trinajstić information content (AvgIpc) is 2.51. The number of hydrogen-bond acceptors (Lipinski definition) is 4. The Labute approximate surface area is 87.5 Å². The molecule has 1 aliphatic rings. The highest BCUT2D eigenvalue weighted by molar-refractivity contribution is 7.13. The van der Waals surface area contributed by atoms with Crippen LogP contribution in [0.25, 0.3) is 0 Å². The van der Waals surface area contributed by atoms with Gasteiger partial charge in [-0.15, -0.1) is 11.3 Å². The number of aliphatic hydroxyl groups excluding tert-OH is 1. The van der Waals surface area contributed by atoms with E-state index in [4.69, 9.17) is 0 Å². The summed E-state index contributed by atoms with van der Waals surface area (Å²) in [6.45, 7) is 1.98. The first-order chi connectivity index (χ1) is 6.74. The summed E-state index contributed by atoms with van der Waals surface area (Å²) in [4.78, 5) is 4.32. The summed E-state index contributed by atoms with van der Waals surface area (Å²) in [5.74, 6) is 0. The standard InChI is InChI=1S/C10H14N2OS/c1-7-6-14-10(11-7)12-8-3-2-4-9(13)5-8/h2-3,6,8-9,13H,4-5H2,1H3,(H,11,12). The second kappa shape index (κ2) is 4.11. The van der Waals surface area contributed by atoms with Crippen molar-refractivity contribution in [1.29, 1.82) is 0 Å². The fourth-order valence-electron chi connectivity index (χ4n) is 1.55. The largest absolute Gasteiger partial charge is 0.393 e. The van der Waals surface area contributed by atoms with Crippen molar-refractivity contribution in [2.75, 3.05) is 5.32 Å². The maximum Gasteiger partial charge on any atom is 0.183 e. The molecule has 0 spiro atoms. The maximum absolute atomic E-state index is 9.45. The summed E-state index contributed by atoms with van der Waals surface area (Å²) < 4.78 is 0. The molecule has 0 amide bonds. The fraction of sp³-hybridized carbons (Fsp3) is 0.500. The summed E-state index contributed by atoms with van der Waals surface area (Å²) in [7, 11) is 0. The van der Waals surface area contributed by atoms with Crippen LogP contribution >= 0.6 is 11.3 Å². The van der Waals surface area contributed by atoms with Crippen LogP contribution in [0.3, 0.4) is 0 Å². The van der Waals surface area contributed by atoms with Crippen LogP contribution in [0.4, 0.5) is 5.13 Å². The number of nitrogens with zero attached hydrogens (tertiary/aromatic N) is 1. The molecule has 1 heterocycles. The molecule has 0 saturated heterocycles. The molecule has 2 N–H and O–H groups in total. The normalized spacial score (nSPS) is 26.4. The lowest BCUT2D eigenvalue weighted by Crippen LogP contribution is -2.26. The molecule has 0 saturated carbocycles. The molecule has 14 heavy (non-hydrogen) atoms. The van der Waals surface area contributed by atoms with Crippen molar-refractivity contribution >= 4 is 16.5 Å². The highest BCUT2D eigenvalue weighted by Crippen LogP contribution is 2.20. The second-order valence-corrected chi connectivity index (χ2v) is 4.46. The van der Waals surface area contributed by atoms with E-state index in [2.05, 4.69) is 16.4 Å². The highest BCUT2D eigenvalue weighted by atomic mass is 32.1. The Kier molecular flexibility index (Phi) is 2.84. The lowest BCUT2D eigenvalue weighted by atomic mass is 10.0. The minimum Gasteiger partial charge on any atom is -0.393 e. The molecular formula is C10H14N2OS. The molecule has 1 aromatic heterocycles. The topological polar surface area (TPSA) is 45.1 Å². The summed E-state index contributed by atoms with van der Waals surface area (Å²) in [6, 6.07) is 0.226. The summed E-state index contributed by atoms with van der Waals surface area (Å²) in [5.41, 5.74) is 1.04. The summed E-state index contributed by atoms with van der Waals surface area (Å²) >= 11 is 1.61. The van der Waals surface area contributed by atoms with Crippen molar-refractivity contribution in [1.82, 2.24) is 4.98 Å². The predicted molar refractivity (Wildman–Crippen MR) is 58.6 cm³/mol. The molecule has 3 nitrogen and oxygen atoms in total. The van der Waals surface area contributed by atoms with E-state index in [9.17, 15) is 5.11 Å². The van der Waals surface area contributed by atoms with Crippen LogP contribution in [0.1, 0.15) is 18.5 Å². The SMILES string of the molecule is Cc1csc(NC2C=CCC(O)C2)n1. The number of nitrogens with one attached hydrogen (secondary N) is 1. The monoisotopic (exact) mass is 210 g/mol. The van der Waals surface area contributed by atoms with Gasteiger partial charge in [0.25, 0.3) is 0 Å². The highest BCUT2D eigenvalue weighted by Gasteiger charge is 2.15. The number of aliphatic hydroxyl groups is 1. The van der Waals surface area contributed by atoms with Gasteiger partial charge in [0, 0.05) is 11.4 Å². The van der Waals surface area contributed by atoms with Gasteiger partial charge in [-0.05, 0) is 19.8 Å². The van der Waals surface area contributed by atoms with Gasteiger partial charge < -0.3 is 10.4 Å². The molecule has 0 aliphatic heterocycles. The van der Waals surface area contributed by atoms with Crippen LogP contribution in [0, 0.1) is 6.92 Å². The van der Waals surface area contributed by atoms with Crippen LogP contribution in [-0.4, -0.2) is 22.2 Å². The fourth-order valence-corrected chi connectivity index (χ4v) is 2.30. The van der Waals surface area contributed by atoms with E-state index in [0.29, 0.717) is 0 Å². The average molecular weight is 210 g/mol. The lowest BCUT2D eigenvalue weighted by Gasteiger charge is -2.21. The first-order valence-corrected chi connectivity index (χ1v) is 5.65. The number of rotatable bonds is 2. The van der Waals surface area contributed by atoms with Crippen molar-refractivity contribution < 1.29 is 5.11 Å². The van der Waals surface area contributed by atoms with E-state index in [1.165, 1.54) is 0 Å². The molecule has 0 fully saturated rings. The minimum atomic E-state index is -0.210. The van der Waals surface area contributed by atoms with E-state index in [-0.39, 0.29) is 12.1 Å². The Hall–Kier alpha value is -0.870. The molecule has 0 aromatic carbocycles. The molecule has 2 rings (SSSR count). The summed E-state index contributed by atoms with van der Waals surface area (Å²) in [6.07, 6.45) is 5.46. The van der Waals surface area contributed by atoms with Gasteiger partial charge in [0.1, 0.15) is 0 Å². The third-order valence-electron chi connectivity index (χ3n) is 2.23. The van der Waals surface area contributed by atoms with Crippen LogP contribution in [0.2, 0.25) is 0 Å². The van der Waals surface area contributed by atoms with Crippen molar-refractivity contribution in [3.8, 4) is 0 Å². The molecule has 1 aliphatic carbocycles. The Morgan fingerprint density at radius 1 is 1.64 bits per heavy atom. The predicted octanol–water partition coefficient (Wildman–Crippen LogP) is 1.94. The molecule has 0 radical (unpaired) electrons. The zero-order valence-corrected chi connectivity index (χ0v) is 8.92. The number of anilines is 1. The zero-order chi connectivity index (χ0) is 9.97. The van der Waals surface area contributed by atoms with E-state index >= 15 is 0 Å². The van der Waals surface area contributed by atoms with Gasteiger partial charge in [-0.3, -0.25) is 0 Å². The number of thiazole rings is 1. The number of aryl methyl sites for hydroxylation is 1. The quantitative estimate of drug-likeness (QED) is 0.733. The van der Waals surface area contributed by atoms with Gasteiger partial charge >= 0.3 is 0 Å². The van der Waals surface area contributed by atoms with Gasteiger partial charge in [0.2, 0.25) is 0 Å². The van der Waals surface area contributed by atoms with Gasteiger partial charge in [-0.1, -0.05) is 12.2 Å². The Bertz CT molecular complexity index is 335. The van der Waals surface area contributed by atoms with Crippen LogP contribution in [0.15, 0.2) is 17.5 Å². The molecule has 0 bridgehead atoms. The van der Waals surface area contributed by atoms with Crippen molar-refractivity contribution in [3.05, 3.63) is 23.2 Å². The van der Waals surface area contributed by atoms with Crippen LogP contribution in [0.5, 0.6) is 0 Å². The van der Waals surface area contributed by atoms with E-state index < -0.39 is 0 Å². The number of aromatic nitrogens is 1. The van der Waals surface area contributed by atoms with Crippen molar-refractivity contribution in [3.63, 3.8) is 0 Å². The Morgan fingerprint density at radius 2 is 2.50 bits per heavy atom. The van der Waals surface area contributed by atoms with Crippen LogP contribution < -0.4 is 5.32 Å². The van der Waals surface area contributed by atoms with E-state index in [1.807, 2.05) is 18.4 Å².